The summed E-state index contributed by atoms with van der Waals surface area (Å²) in [6.45, 7) is 8.23. The topological polar surface area (TPSA) is 21.3 Å². The van der Waals surface area contributed by atoms with Crippen molar-refractivity contribution in [1.82, 2.24) is 5.32 Å². The third-order valence-electron chi connectivity index (χ3n) is 3.26. The zero-order valence-corrected chi connectivity index (χ0v) is 11.2. The van der Waals surface area contributed by atoms with Gasteiger partial charge in [0.15, 0.2) is 0 Å². The highest BCUT2D eigenvalue weighted by Gasteiger charge is 2.20. The molecule has 2 nitrogen and oxygen atoms in total. The average molecular weight is 233 g/mol. The molecule has 1 aliphatic carbocycles. The van der Waals surface area contributed by atoms with E-state index in [9.17, 15) is 0 Å². The first-order valence-electron chi connectivity index (χ1n) is 6.62. The Morgan fingerprint density at radius 3 is 2.76 bits per heavy atom. The molecule has 0 saturated carbocycles. The SMILES string of the molecule is CCNCC(C)(C)Oc1ccc2c(c1)CCC2. The summed E-state index contributed by atoms with van der Waals surface area (Å²) in [5, 5.41) is 3.34. The van der Waals surface area contributed by atoms with Crippen molar-refractivity contribution in [3.63, 3.8) is 0 Å². The number of likely N-dealkylation sites (N-methyl/N-ethyl adjacent to an activating group) is 1. The van der Waals surface area contributed by atoms with Gasteiger partial charge in [-0.3, -0.25) is 0 Å². The Balaban J connectivity index is 2.03. The highest BCUT2D eigenvalue weighted by atomic mass is 16.5. The average Bonchev–Trinajstić information content (AvgIpc) is 2.73. The van der Waals surface area contributed by atoms with Gasteiger partial charge in [0, 0.05) is 6.54 Å². The lowest BCUT2D eigenvalue weighted by Gasteiger charge is -2.27. The Labute approximate surface area is 104 Å². The first-order chi connectivity index (χ1) is 8.11. The van der Waals surface area contributed by atoms with Crippen molar-refractivity contribution < 1.29 is 4.74 Å². The molecule has 0 fully saturated rings. The van der Waals surface area contributed by atoms with Crippen LogP contribution in [-0.2, 0) is 12.8 Å². The molecule has 0 amide bonds. The first kappa shape index (κ1) is 12.4. The number of hydrogen-bond donors (Lipinski definition) is 1. The Morgan fingerprint density at radius 2 is 2.00 bits per heavy atom. The Kier molecular flexibility index (Phi) is 3.72. The third-order valence-corrected chi connectivity index (χ3v) is 3.26. The lowest BCUT2D eigenvalue weighted by atomic mass is 10.1. The molecule has 94 valence electrons. The third kappa shape index (κ3) is 3.22. The minimum Gasteiger partial charge on any atom is -0.487 e. The molecule has 0 spiro atoms. The van der Waals surface area contributed by atoms with Crippen molar-refractivity contribution in [2.24, 2.45) is 0 Å². The zero-order chi connectivity index (χ0) is 12.3. The molecule has 2 rings (SSSR count). The molecule has 0 radical (unpaired) electrons. The Bertz CT molecular complexity index is 385. The summed E-state index contributed by atoms with van der Waals surface area (Å²) in [7, 11) is 0. The fourth-order valence-corrected chi connectivity index (χ4v) is 2.39. The van der Waals surface area contributed by atoms with Crippen LogP contribution in [0.2, 0.25) is 0 Å². The number of hydrogen-bond acceptors (Lipinski definition) is 2. The minimum absolute atomic E-state index is 0.150. The van der Waals surface area contributed by atoms with Crippen molar-refractivity contribution in [3.05, 3.63) is 29.3 Å². The lowest BCUT2D eigenvalue weighted by molar-refractivity contribution is 0.109. The number of benzene rings is 1. The summed E-state index contributed by atoms with van der Waals surface area (Å²) in [5.74, 6) is 1.01. The van der Waals surface area contributed by atoms with E-state index in [2.05, 4.69) is 44.3 Å². The van der Waals surface area contributed by atoms with Gasteiger partial charge in [0.05, 0.1) is 0 Å². The van der Waals surface area contributed by atoms with Gasteiger partial charge in [-0.2, -0.15) is 0 Å². The van der Waals surface area contributed by atoms with E-state index in [0.29, 0.717) is 0 Å². The fourth-order valence-electron chi connectivity index (χ4n) is 2.39. The normalized spacial score (nSPS) is 14.8. The molecule has 1 aromatic carbocycles. The summed E-state index contributed by atoms with van der Waals surface area (Å²) in [6, 6.07) is 6.55. The molecule has 0 saturated heterocycles. The van der Waals surface area contributed by atoms with Gasteiger partial charge in [0.1, 0.15) is 11.4 Å². The first-order valence-corrected chi connectivity index (χ1v) is 6.62. The van der Waals surface area contributed by atoms with Crippen LogP contribution in [0.25, 0.3) is 0 Å². The van der Waals surface area contributed by atoms with Crippen LogP contribution in [-0.4, -0.2) is 18.7 Å². The predicted octanol–water partition coefficient (Wildman–Crippen LogP) is 2.94. The number of rotatable bonds is 5. The molecule has 0 bridgehead atoms. The summed E-state index contributed by atoms with van der Waals surface area (Å²) < 4.78 is 6.07. The standard InChI is InChI=1S/C15H23NO/c1-4-16-11-15(2,3)17-14-9-8-12-6-5-7-13(12)10-14/h8-10,16H,4-7,11H2,1-3H3. The largest absolute Gasteiger partial charge is 0.487 e. The smallest absolute Gasteiger partial charge is 0.120 e. The fraction of sp³-hybridized carbons (Fsp3) is 0.600. The maximum absolute atomic E-state index is 6.07. The molecule has 0 aliphatic heterocycles. The Hall–Kier alpha value is -1.02. The van der Waals surface area contributed by atoms with Crippen molar-refractivity contribution in [2.75, 3.05) is 13.1 Å². The highest BCUT2D eigenvalue weighted by molar-refractivity contribution is 5.38. The molecular weight excluding hydrogens is 210 g/mol. The highest BCUT2D eigenvalue weighted by Crippen LogP contribution is 2.27. The van der Waals surface area contributed by atoms with Gasteiger partial charge < -0.3 is 10.1 Å². The van der Waals surface area contributed by atoms with Crippen LogP contribution in [0.1, 0.15) is 38.3 Å². The molecule has 0 heterocycles. The van der Waals surface area contributed by atoms with Crippen molar-refractivity contribution >= 4 is 0 Å². The van der Waals surface area contributed by atoms with Crippen LogP contribution in [0.3, 0.4) is 0 Å². The van der Waals surface area contributed by atoms with Gasteiger partial charge in [-0.1, -0.05) is 13.0 Å². The van der Waals surface area contributed by atoms with E-state index in [1.165, 1.54) is 30.4 Å². The number of nitrogens with one attached hydrogen (secondary N) is 1. The van der Waals surface area contributed by atoms with Crippen LogP contribution in [0.15, 0.2) is 18.2 Å². The zero-order valence-electron chi connectivity index (χ0n) is 11.2. The van der Waals surface area contributed by atoms with Gasteiger partial charge in [-0.05, 0) is 62.9 Å². The summed E-state index contributed by atoms with van der Waals surface area (Å²) in [4.78, 5) is 0. The van der Waals surface area contributed by atoms with E-state index in [1.807, 2.05) is 0 Å². The van der Waals surface area contributed by atoms with E-state index in [0.717, 1.165) is 18.8 Å². The van der Waals surface area contributed by atoms with Crippen molar-refractivity contribution in [2.45, 2.75) is 45.6 Å². The molecule has 1 aliphatic rings. The second-order valence-corrected chi connectivity index (χ2v) is 5.43. The molecule has 0 aromatic heterocycles. The van der Waals surface area contributed by atoms with Crippen LogP contribution in [0, 0.1) is 0 Å². The van der Waals surface area contributed by atoms with Crippen LogP contribution >= 0.6 is 0 Å². The van der Waals surface area contributed by atoms with Gasteiger partial charge in [-0.25, -0.2) is 0 Å². The van der Waals surface area contributed by atoms with E-state index >= 15 is 0 Å². The number of aryl methyl sites for hydroxylation is 2. The summed E-state index contributed by atoms with van der Waals surface area (Å²) in [5.41, 5.74) is 2.83. The predicted molar refractivity (Wildman–Crippen MR) is 71.7 cm³/mol. The van der Waals surface area contributed by atoms with Crippen molar-refractivity contribution in [1.29, 1.82) is 0 Å². The van der Waals surface area contributed by atoms with Crippen LogP contribution in [0.4, 0.5) is 0 Å². The second-order valence-electron chi connectivity index (χ2n) is 5.43. The number of fused-ring (bicyclic) bond motifs is 1. The molecule has 1 aromatic rings. The summed E-state index contributed by atoms with van der Waals surface area (Å²) in [6.07, 6.45) is 3.73. The molecular formula is C15H23NO. The maximum atomic E-state index is 6.07. The maximum Gasteiger partial charge on any atom is 0.120 e. The van der Waals surface area contributed by atoms with E-state index < -0.39 is 0 Å². The quantitative estimate of drug-likeness (QED) is 0.844. The monoisotopic (exact) mass is 233 g/mol. The van der Waals surface area contributed by atoms with E-state index in [-0.39, 0.29) is 5.60 Å². The summed E-state index contributed by atoms with van der Waals surface area (Å²) >= 11 is 0. The molecule has 17 heavy (non-hydrogen) atoms. The van der Waals surface area contributed by atoms with Gasteiger partial charge in [-0.15, -0.1) is 0 Å². The molecule has 2 heteroatoms. The lowest BCUT2D eigenvalue weighted by Crippen LogP contribution is -2.40. The van der Waals surface area contributed by atoms with Gasteiger partial charge in [0.2, 0.25) is 0 Å². The minimum atomic E-state index is -0.150. The second kappa shape index (κ2) is 5.09. The van der Waals surface area contributed by atoms with Gasteiger partial charge >= 0.3 is 0 Å². The van der Waals surface area contributed by atoms with E-state index in [4.69, 9.17) is 4.74 Å². The Morgan fingerprint density at radius 1 is 1.24 bits per heavy atom. The van der Waals surface area contributed by atoms with Gasteiger partial charge in [0.25, 0.3) is 0 Å². The molecule has 1 N–H and O–H groups in total. The molecule has 0 unspecified atom stereocenters. The van der Waals surface area contributed by atoms with Crippen molar-refractivity contribution in [3.8, 4) is 5.75 Å². The van der Waals surface area contributed by atoms with Crippen LogP contribution in [0.5, 0.6) is 5.75 Å². The van der Waals surface area contributed by atoms with Crippen LogP contribution < -0.4 is 10.1 Å². The number of ether oxygens (including phenoxy) is 1. The van der Waals surface area contributed by atoms with E-state index in [1.54, 1.807) is 0 Å². The molecule has 0 atom stereocenters.